The number of carbonyl (C=O) groups excluding carboxylic acids is 9. The highest BCUT2D eigenvalue weighted by molar-refractivity contribution is 7.62. The lowest BCUT2D eigenvalue weighted by Gasteiger charge is -2.29. The average molecular weight is 1950 g/mol. The van der Waals surface area contributed by atoms with Crippen LogP contribution in [-0.2, 0) is 104 Å². The number of aromatic nitrogens is 3. The molecule has 15 rings (SSSR count). The molecule has 710 valence electrons. The van der Waals surface area contributed by atoms with E-state index in [1.54, 1.807) is 121 Å². The minimum absolute atomic E-state index is 0.00191. The van der Waals surface area contributed by atoms with Crippen molar-refractivity contribution in [3.8, 4) is 0 Å². The van der Waals surface area contributed by atoms with Crippen molar-refractivity contribution in [2.75, 3.05) is 26.4 Å². The predicted octanol–water partition coefficient (Wildman–Crippen LogP) is 18.0. The summed E-state index contributed by atoms with van der Waals surface area (Å²) in [4.78, 5) is 146. The molecule has 9 aromatic rings. The number of halogens is 9. The third kappa shape index (κ3) is 24.6. The maximum absolute atomic E-state index is 14.5. The van der Waals surface area contributed by atoms with E-state index in [2.05, 4.69) is 5.32 Å². The average Bonchev–Trinajstić information content (AvgIpc) is 1.61. The number of aliphatic carboxylic acids is 1. The summed E-state index contributed by atoms with van der Waals surface area (Å²) < 4.78 is 139. The molecule has 132 heavy (non-hydrogen) atoms. The lowest BCUT2D eigenvalue weighted by Crippen LogP contribution is -2.46. The standard InChI is InChI=1S/C32H37ClFN2O6P.C28H29ClFN2O6P.C16H19ClFNO.C16H20NO6P.C2HF3O/c1-4-41-43(40,42-5-2)23-13-14-24-25(20(3)37)18-35(28(24)17-23)19-31(39)36-27-11-7-9-22(27)16-29(36)30(38)15-12-21-8-6-10-26(33)32(21)34;1-16(33)21-14-31(24-13-19(39(36,37)38)9-10-20(21)24)15-27(35)32-23-7-3-5-18(23)12-25(32)26(34)11-8-17-4-2-6-22(29)28(17)30;17-12-5-1-3-10(16(12)18)7-8-15(20)14-9-11-4-2-6-13(11)19-14;1-4-22-24(21,23-5-2)12-6-7-13-14(11(3)18)9-17(10-16(19)20)15(13)8-12;3-2(4,5)1-6/h6,8,10,13-14,17-18,22,27,29H,4-5,7,9,11-12,15-16,19H2,1-3H3;2,4,6,9-10,13-14,18,23,25H,3,5,7-8,11-12,15H2,1H3,(H2,36,37,38);1,3,5,11,13-14,19H,2,4,6-9H2;6-9H,4-5,10H2,1-3H3,(H,19,20);1H/t22-,27-,29+;18-,23-,25+;11-,13-,14+;;/m111../s1. The van der Waals surface area contributed by atoms with Crippen LogP contribution in [0.5, 0.6) is 0 Å². The lowest BCUT2D eigenvalue weighted by molar-refractivity contribution is -0.156. The number of Topliss-reactive ketones (excluding diaryl/α,β-unsaturated/α-hetero) is 6. The first-order valence-corrected chi connectivity index (χ1v) is 49.7. The second-order valence-electron chi connectivity index (χ2n) is 33.5. The Labute approximate surface area is 774 Å². The molecule has 6 fully saturated rings. The number of alkyl halides is 3. The van der Waals surface area contributed by atoms with Gasteiger partial charge < -0.3 is 61.8 Å². The van der Waals surface area contributed by atoms with Gasteiger partial charge in [0.2, 0.25) is 18.1 Å². The number of benzene rings is 6. The van der Waals surface area contributed by atoms with Gasteiger partial charge in [-0.1, -0.05) is 109 Å². The van der Waals surface area contributed by atoms with E-state index in [0.29, 0.717) is 114 Å². The Bertz CT molecular complexity index is 5970. The van der Waals surface area contributed by atoms with Gasteiger partial charge in [-0.3, -0.25) is 61.6 Å². The highest BCUT2D eigenvalue weighted by Gasteiger charge is 2.50. The van der Waals surface area contributed by atoms with E-state index < -0.39 is 70.8 Å². The fourth-order valence-electron chi connectivity index (χ4n) is 19.0. The third-order valence-electron chi connectivity index (χ3n) is 25.0. The van der Waals surface area contributed by atoms with E-state index in [9.17, 15) is 93.0 Å². The number of ketones is 6. The quantitative estimate of drug-likeness (QED) is 0.0132. The molecule has 0 spiro atoms. The molecule has 4 N–H and O–H groups in total. The third-order valence-corrected chi connectivity index (χ3v) is 31.0. The first-order valence-electron chi connectivity index (χ1n) is 43.8. The van der Waals surface area contributed by atoms with Crippen LogP contribution < -0.4 is 21.2 Å². The number of amides is 2. The minimum Gasteiger partial charge on any atom is -0.480 e. The van der Waals surface area contributed by atoms with Crippen molar-refractivity contribution in [3.63, 3.8) is 0 Å². The van der Waals surface area contributed by atoms with Crippen LogP contribution in [0, 0.1) is 35.2 Å². The van der Waals surface area contributed by atoms with Gasteiger partial charge in [0, 0.05) is 88.8 Å². The molecule has 6 aliphatic rings. The zero-order chi connectivity index (χ0) is 96.2. The Kier molecular flexibility index (Phi) is 35.3. The molecule has 2 amide bonds. The molecule has 9 atom stereocenters. The van der Waals surface area contributed by atoms with Crippen molar-refractivity contribution in [2.24, 2.45) is 17.8 Å². The number of hydrogen-bond acceptors (Lipinski definition) is 18. The first-order chi connectivity index (χ1) is 62.6. The number of nitrogens with zero attached hydrogens (tertiary/aromatic N) is 5. The number of rotatable bonds is 32. The Balaban J connectivity index is 0.000000173. The molecule has 38 heteroatoms. The SMILES string of the molecule is CC(=O)c1cn(CC(=O)N2[C@@H]3CCC[C@@H]3C[C@H]2C(=O)CCc2cccc(Cl)c2F)c2cc(P(=O)(O)O)ccc12.CCOP(=O)(OCC)c1ccc2c(C(C)=O)cn(CC(=O)N3[C@@H]4CCC[C@@H]4C[C@H]3C(=O)CCc3cccc(Cl)c3F)c2c1.CCOP(=O)(OCC)c1ccc2c(C(C)=O)cn(CC(=O)O)c2c1.O=C(CCc1cccc(Cl)c1F)[C@@H]1C[C@H]2CCC[C@H]2N1.O=CC(F)(F)F. The number of carboxylic acid groups (broad SMARTS) is 1. The first kappa shape index (κ1) is 103. The van der Waals surface area contributed by atoms with Crippen molar-refractivity contribution in [2.45, 2.75) is 226 Å². The topological polar surface area (TPSA) is 353 Å². The Hall–Kier alpha value is -9.10. The summed E-state index contributed by atoms with van der Waals surface area (Å²) in [5.41, 5.74) is 3.86. The van der Waals surface area contributed by atoms with Crippen molar-refractivity contribution >= 4 is 165 Å². The van der Waals surface area contributed by atoms with Gasteiger partial charge in [0.25, 0.3) is 0 Å². The molecule has 3 saturated carbocycles. The van der Waals surface area contributed by atoms with Gasteiger partial charge in [-0.2, -0.15) is 13.2 Å². The van der Waals surface area contributed by atoms with E-state index in [1.165, 1.54) is 98.0 Å². The Morgan fingerprint density at radius 3 is 1.14 bits per heavy atom. The number of nitrogens with one attached hydrogen (secondary N) is 1. The monoisotopic (exact) mass is 1950 g/mol. The fourth-order valence-corrected chi connectivity index (χ4v) is 23.3. The van der Waals surface area contributed by atoms with Crippen LogP contribution in [0.1, 0.15) is 193 Å². The van der Waals surface area contributed by atoms with Gasteiger partial charge in [-0.05, 0) is 215 Å². The van der Waals surface area contributed by atoms with Crippen molar-refractivity contribution in [3.05, 3.63) is 194 Å². The van der Waals surface area contributed by atoms with Crippen LogP contribution in [0.2, 0.25) is 15.1 Å². The summed E-state index contributed by atoms with van der Waals surface area (Å²) in [5, 5.41) is 14.8. The number of carbonyl (C=O) groups is 10. The molecular weight excluding hydrogens is 1850 g/mol. The summed E-state index contributed by atoms with van der Waals surface area (Å²) in [5.74, 6) is -2.50. The molecule has 6 aromatic carbocycles. The molecule has 0 radical (unpaired) electrons. The summed E-state index contributed by atoms with van der Waals surface area (Å²) in [6.07, 6.45) is 11.6. The van der Waals surface area contributed by atoms with Crippen LogP contribution in [0.4, 0.5) is 26.3 Å². The van der Waals surface area contributed by atoms with Crippen LogP contribution in [-0.4, -0.2) is 166 Å². The number of aryl methyl sites for hydroxylation is 3. The molecule has 0 unspecified atom stereocenters. The zero-order valence-electron chi connectivity index (χ0n) is 73.8. The van der Waals surface area contributed by atoms with Gasteiger partial charge in [0.1, 0.15) is 42.9 Å². The van der Waals surface area contributed by atoms with E-state index in [1.807, 2.05) is 0 Å². The van der Waals surface area contributed by atoms with Crippen LogP contribution in [0.3, 0.4) is 0 Å². The Morgan fingerprint density at radius 1 is 0.470 bits per heavy atom. The van der Waals surface area contributed by atoms with Gasteiger partial charge in [0.05, 0.1) is 92.1 Å². The summed E-state index contributed by atoms with van der Waals surface area (Å²) in [6, 6.07) is 27.4. The number of aldehydes is 1. The fraction of sp³-hybridized carbons (Fsp3) is 0.447. The van der Waals surface area contributed by atoms with Crippen LogP contribution in [0.25, 0.3) is 32.7 Å². The maximum atomic E-state index is 14.5. The van der Waals surface area contributed by atoms with Gasteiger partial charge >= 0.3 is 34.9 Å². The highest BCUT2D eigenvalue weighted by Crippen LogP contribution is 2.50. The molecule has 3 aromatic heterocycles. The largest absolute Gasteiger partial charge is 0.480 e. The number of carboxylic acids is 1. The van der Waals surface area contributed by atoms with E-state index in [0.717, 1.165) is 44.9 Å². The summed E-state index contributed by atoms with van der Waals surface area (Å²) >= 11 is 17.6. The highest BCUT2D eigenvalue weighted by atomic mass is 35.5. The normalized spacial score (nSPS) is 19.7. The molecule has 6 heterocycles. The summed E-state index contributed by atoms with van der Waals surface area (Å²) in [6.45, 7) is 11.4. The van der Waals surface area contributed by atoms with Crippen molar-refractivity contribution in [1.29, 1.82) is 0 Å². The van der Waals surface area contributed by atoms with E-state index in [-0.39, 0.29) is 169 Å². The van der Waals surface area contributed by atoms with Crippen molar-refractivity contribution < 1.29 is 121 Å². The Morgan fingerprint density at radius 2 is 0.803 bits per heavy atom. The van der Waals surface area contributed by atoms with E-state index >= 15 is 0 Å². The summed E-state index contributed by atoms with van der Waals surface area (Å²) in [7, 11) is -11.7. The van der Waals surface area contributed by atoms with Gasteiger partial charge in [-0.15, -0.1) is 0 Å². The van der Waals surface area contributed by atoms with Crippen LogP contribution in [0.15, 0.2) is 128 Å². The molecule has 0 bridgehead atoms. The molecule has 3 aliphatic carbocycles. The minimum atomic E-state index is -4.64. The lowest BCUT2D eigenvalue weighted by atomic mass is 9.97. The molecule has 3 aliphatic heterocycles. The predicted molar refractivity (Wildman–Crippen MR) is 488 cm³/mol. The van der Waals surface area contributed by atoms with Gasteiger partial charge in [0.15, 0.2) is 28.9 Å². The second-order valence-corrected chi connectivity index (χ2v) is 40.3. The smallest absolute Gasteiger partial charge is 0.446 e. The second kappa shape index (κ2) is 45.0. The number of likely N-dealkylation sites (tertiary alicyclic amines) is 2. The zero-order valence-corrected chi connectivity index (χ0v) is 78.8. The van der Waals surface area contributed by atoms with Crippen molar-refractivity contribution in [1.82, 2.24) is 28.8 Å². The molecule has 3 saturated heterocycles. The number of fused-ring (bicyclic) bond motifs is 6. The van der Waals surface area contributed by atoms with Gasteiger partial charge in [-0.25, -0.2) is 13.2 Å². The van der Waals surface area contributed by atoms with Crippen LogP contribution >= 0.6 is 57.6 Å². The number of hydrogen-bond donors (Lipinski definition) is 4. The van der Waals surface area contributed by atoms with E-state index in [4.69, 9.17) is 62.8 Å². The molecule has 26 nitrogen and oxygen atoms in total. The maximum Gasteiger partial charge on any atom is 0.446 e. The molecular formula is C94H106Cl3F6N6O20P3.